The molecule has 3 heterocycles. The van der Waals surface area contributed by atoms with E-state index in [0.29, 0.717) is 47.2 Å². The van der Waals surface area contributed by atoms with Crippen molar-refractivity contribution in [3.63, 3.8) is 0 Å². The van der Waals surface area contributed by atoms with E-state index < -0.39 is 91.5 Å². The Morgan fingerprint density at radius 1 is 0.823 bits per heavy atom. The molecular formula is C68H106N8O15S4Si. The van der Waals surface area contributed by atoms with Crippen LogP contribution in [-0.4, -0.2) is 130 Å². The monoisotopic (exact) mass is 1430 g/mol. The standard InChI is InChI=1S/C39H64N4O9S2Si.C29H42N4O6S2/c1-11-13-14-15-16-20-33(45)53-22-18-17-19-28(24-32(44)50-21-23-55(8,9)10)51-37(48)34(27(3)4)43-35(46)29(12-2)42-36(47)30-26-54-31(41-30)25-40-38(49)52-39(5,6)7;1-5-7-8-9-10-14-25(35)40-15-12-11-13-20-16-23(34)30-17-24-31-22(18-41-24)28(37)32-21(6-2)27(36)33-26(19(3)4)29(38)39-20/h12,17,19,26-28,34H,11,13-16,18,20-25H2,1-10H3,(H,40,49)(H,42,47)(H,43,46);6,11,13,18-20,26H,5,7-10,12,14-17H2,1-4H3,(H,30,34)(H,32,37)(H,33,36)/b19-17+,29-12-;13-11+,21-6-/t28-,34+;20-,26+/m11/s1. The van der Waals surface area contributed by atoms with Gasteiger partial charge in [-0.05, 0) is 90.3 Å². The van der Waals surface area contributed by atoms with Crippen LogP contribution in [-0.2, 0) is 70.4 Å². The van der Waals surface area contributed by atoms with E-state index in [1.165, 1.54) is 71.7 Å². The average Bonchev–Trinajstić information content (AvgIpc) is 1.52. The van der Waals surface area contributed by atoms with Gasteiger partial charge in [0.25, 0.3) is 23.6 Å². The zero-order valence-electron chi connectivity index (χ0n) is 58.8. The highest BCUT2D eigenvalue weighted by atomic mass is 32.2. The number of aromatic nitrogens is 2. The number of unbranched alkanes of at least 4 members (excludes halogenated alkanes) is 8. The Kier molecular flexibility index (Phi) is 41.6. The molecule has 0 saturated carbocycles. The van der Waals surface area contributed by atoms with Crippen LogP contribution >= 0.6 is 46.2 Å². The van der Waals surface area contributed by atoms with Gasteiger partial charge in [-0.25, -0.2) is 24.4 Å². The van der Waals surface area contributed by atoms with E-state index in [9.17, 15) is 52.7 Å². The van der Waals surface area contributed by atoms with Crippen LogP contribution in [0.5, 0.6) is 0 Å². The van der Waals surface area contributed by atoms with E-state index in [1.54, 1.807) is 92.0 Å². The topological polar surface area (TPSA) is 323 Å². The first-order chi connectivity index (χ1) is 45.4. The maximum Gasteiger partial charge on any atom is 0.408 e. The van der Waals surface area contributed by atoms with Gasteiger partial charge in [0.15, 0.2) is 10.2 Å². The molecule has 4 atom stereocenters. The van der Waals surface area contributed by atoms with Crippen molar-refractivity contribution in [3.05, 3.63) is 80.0 Å². The molecule has 23 nitrogen and oxygen atoms in total. The molecule has 6 amide bonds. The fourth-order valence-corrected chi connectivity index (χ4v) is 12.2. The van der Waals surface area contributed by atoms with Gasteiger partial charge in [-0.3, -0.25) is 38.4 Å². The van der Waals surface area contributed by atoms with E-state index >= 15 is 0 Å². The number of cyclic esters (lactones) is 1. The Morgan fingerprint density at radius 2 is 1.45 bits per heavy atom. The first-order valence-electron chi connectivity index (χ1n) is 33.3. The van der Waals surface area contributed by atoms with Gasteiger partial charge in [-0.2, -0.15) is 0 Å². The number of alkyl carbamates (subject to hydrolysis) is 1. The van der Waals surface area contributed by atoms with Crippen LogP contribution in [0.3, 0.4) is 0 Å². The number of carbonyl (C=O) groups excluding carboxylic acids is 11. The molecule has 0 aliphatic carbocycles. The Bertz CT molecular complexity index is 2970. The van der Waals surface area contributed by atoms with Gasteiger partial charge in [0.2, 0.25) is 5.91 Å². The normalized spacial score (nSPS) is 16.2. The number of fused-ring (bicyclic) bond motifs is 2. The second-order valence-electron chi connectivity index (χ2n) is 25.7. The number of rotatable bonds is 35. The molecule has 0 unspecified atom stereocenters. The Morgan fingerprint density at radius 3 is 2.02 bits per heavy atom. The lowest BCUT2D eigenvalue weighted by Crippen LogP contribution is -2.48. The van der Waals surface area contributed by atoms with Crippen molar-refractivity contribution in [1.29, 1.82) is 0 Å². The lowest BCUT2D eigenvalue weighted by molar-refractivity contribution is -0.156. The first kappa shape index (κ1) is 85.6. The van der Waals surface area contributed by atoms with Crippen molar-refractivity contribution >= 4 is 118 Å². The molecule has 3 rings (SSSR count). The molecule has 0 saturated heterocycles. The Labute approximate surface area is 585 Å². The number of carbonyl (C=O) groups is 11. The molecule has 2 bridgehead atoms. The second-order valence-corrected chi connectivity index (χ2v) is 35.5. The highest BCUT2D eigenvalue weighted by molar-refractivity contribution is 8.13. The smallest absolute Gasteiger partial charge is 0.408 e. The maximum absolute atomic E-state index is 13.5. The lowest BCUT2D eigenvalue weighted by atomic mass is 10.0. The van der Waals surface area contributed by atoms with E-state index in [2.05, 4.69) is 75.4 Å². The average molecular weight is 1430 g/mol. The number of allylic oxidation sites excluding steroid dienone is 4. The summed E-state index contributed by atoms with van der Waals surface area (Å²) in [5.41, 5.74) is -0.642. The van der Waals surface area contributed by atoms with Crippen LogP contribution in [0, 0.1) is 11.8 Å². The summed E-state index contributed by atoms with van der Waals surface area (Å²) < 4.78 is 22.1. The second kappa shape index (κ2) is 46.7. The van der Waals surface area contributed by atoms with Crippen molar-refractivity contribution < 1.29 is 71.7 Å². The number of ether oxygens (including phenoxy) is 4. The zero-order valence-corrected chi connectivity index (χ0v) is 63.1. The molecule has 1 aliphatic rings. The van der Waals surface area contributed by atoms with Crippen molar-refractivity contribution in [2.75, 3.05) is 18.1 Å². The number of thiazole rings is 2. The molecule has 1 aliphatic heterocycles. The third-order valence-electron chi connectivity index (χ3n) is 13.9. The predicted molar refractivity (Wildman–Crippen MR) is 382 cm³/mol. The van der Waals surface area contributed by atoms with Crippen LogP contribution < -0.4 is 31.9 Å². The van der Waals surface area contributed by atoms with Crippen molar-refractivity contribution in [2.24, 2.45) is 11.8 Å². The van der Waals surface area contributed by atoms with E-state index in [-0.39, 0.29) is 77.4 Å². The molecular weight excluding hydrogens is 1330 g/mol. The summed E-state index contributed by atoms with van der Waals surface area (Å²) in [6.45, 7) is 26.6. The Hall–Kier alpha value is -6.49. The van der Waals surface area contributed by atoms with Crippen LogP contribution in [0.25, 0.3) is 0 Å². The SMILES string of the molecule is C/C=C(\NC(=O)c1csc(CNC(=O)OC(C)(C)C)n1)C(=O)N[C@H](C(=O)O[C@H](/C=C/CCSC(=O)CCCCCCC)CC(=O)OCC[Si](C)(C)C)C(C)C.C/C=C1\NC(=O)c2csc(n2)CNC(=O)C[C@@H](/C=C/CCSC(=O)CCCCCCC)OC(=O)[C@H](C(C)C)NC1=O. The van der Waals surface area contributed by atoms with E-state index in [4.69, 9.17) is 18.9 Å². The summed E-state index contributed by atoms with van der Waals surface area (Å²) in [5.74, 6) is -4.53. The number of esters is 3. The minimum Gasteiger partial charge on any atom is -0.466 e. The highest BCUT2D eigenvalue weighted by Crippen LogP contribution is 2.20. The van der Waals surface area contributed by atoms with Gasteiger partial charge in [-0.1, -0.05) is 160 Å². The quantitative estimate of drug-likeness (QED) is 0.00932. The van der Waals surface area contributed by atoms with Gasteiger partial charge < -0.3 is 50.8 Å². The van der Waals surface area contributed by atoms with Crippen molar-refractivity contribution in [2.45, 2.75) is 248 Å². The number of hydrogen-bond acceptors (Lipinski definition) is 21. The predicted octanol–water partition coefficient (Wildman–Crippen LogP) is 12.1. The number of amides is 6. The third-order valence-corrected chi connectivity index (χ3v) is 19.3. The fourth-order valence-electron chi connectivity index (χ4n) is 8.51. The molecule has 28 heteroatoms. The molecule has 0 fully saturated rings. The Balaban J connectivity index is 0.000000681. The fraction of sp³-hybridized carbons (Fsp3) is 0.632. The van der Waals surface area contributed by atoms with Gasteiger partial charge in [0.1, 0.15) is 62.7 Å². The van der Waals surface area contributed by atoms with E-state index in [0.717, 1.165) is 62.3 Å². The summed E-state index contributed by atoms with van der Waals surface area (Å²) >= 11 is 4.91. The summed E-state index contributed by atoms with van der Waals surface area (Å²) in [5, 5.41) is 20.0. The maximum atomic E-state index is 13.5. The number of hydrogen-bond donors (Lipinski definition) is 6. The van der Waals surface area contributed by atoms with Crippen LogP contribution in [0.15, 0.2) is 58.6 Å². The molecule has 2 aromatic heterocycles. The van der Waals surface area contributed by atoms with Crippen LogP contribution in [0.1, 0.15) is 210 Å². The van der Waals surface area contributed by atoms with Crippen molar-refractivity contribution in [1.82, 2.24) is 41.9 Å². The minimum atomic E-state index is -1.44. The summed E-state index contributed by atoms with van der Waals surface area (Å²) in [4.78, 5) is 149. The molecule has 536 valence electrons. The van der Waals surface area contributed by atoms with Crippen molar-refractivity contribution in [3.8, 4) is 0 Å². The van der Waals surface area contributed by atoms with Crippen LogP contribution in [0.4, 0.5) is 4.79 Å². The highest BCUT2D eigenvalue weighted by Gasteiger charge is 2.32. The van der Waals surface area contributed by atoms with Gasteiger partial charge in [0.05, 0.1) is 32.5 Å². The third kappa shape index (κ3) is 37.9. The molecule has 96 heavy (non-hydrogen) atoms. The largest absolute Gasteiger partial charge is 0.466 e. The summed E-state index contributed by atoms with van der Waals surface area (Å²) in [7, 11) is -1.44. The number of thioether (sulfide) groups is 2. The molecule has 0 aromatic carbocycles. The van der Waals surface area contributed by atoms with Gasteiger partial charge in [-0.15, -0.1) is 22.7 Å². The van der Waals surface area contributed by atoms with Gasteiger partial charge in [0, 0.05) is 43.2 Å². The molecule has 6 N–H and O–H groups in total. The minimum absolute atomic E-state index is 0.0205. The first-order valence-corrected chi connectivity index (χ1v) is 40.7. The lowest BCUT2D eigenvalue weighted by Gasteiger charge is -2.24. The number of nitrogens with one attached hydrogen (secondary N) is 6. The zero-order chi connectivity index (χ0) is 71.8. The van der Waals surface area contributed by atoms with Crippen LogP contribution in [0.2, 0.25) is 25.7 Å². The molecule has 0 radical (unpaired) electrons. The molecule has 2 aromatic rings. The number of nitrogens with zero attached hydrogens (tertiary/aromatic N) is 2. The summed E-state index contributed by atoms with van der Waals surface area (Å²) in [6.07, 6.45) is 20.0. The van der Waals surface area contributed by atoms with Gasteiger partial charge >= 0.3 is 24.0 Å². The molecule has 0 spiro atoms. The summed E-state index contributed by atoms with van der Waals surface area (Å²) in [6, 6.07) is -1.34. The van der Waals surface area contributed by atoms with E-state index in [1.807, 2.05) is 0 Å².